The highest BCUT2D eigenvalue weighted by molar-refractivity contribution is 14.0. The number of fused-ring (bicyclic) bond motifs is 6. The third-order valence-electron chi connectivity index (χ3n) is 8.57. The summed E-state index contributed by atoms with van der Waals surface area (Å²) in [6.45, 7) is 19.2. The standard InChI is InChI=1S/C35H28.3C2H6.HI/c1-34(2)28-16-9-8-15-26(28)33-31(34)18-11-19-32(33)35(3)29-17-10-7-14-25(29)27-22-24(20-21-30(27)35)23-12-5-4-6-13-23;3*1-2;/h4-22H,1-3H3;3*1-2H3;1H. The zero-order valence-electron chi connectivity index (χ0n) is 26.9. The maximum absolute atomic E-state index is 2.43. The first kappa shape index (κ1) is 33.3. The van der Waals surface area contributed by atoms with Crippen molar-refractivity contribution in [2.75, 3.05) is 0 Å². The van der Waals surface area contributed by atoms with Gasteiger partial charge in [-0.1, -0.05) is 165 Å². The predicted octanol–water partition coefficient (Wildman–Crippen LogP) is 12.7. The maximum Gasteiger partial charge on any atom is 0.0441 e. The van der Waals surface area contributed by atoms with E-state index in [0.29, 0.717) is 0 Å². The summed E-state index contributed by atoms with van der Waals surface area (Å²) in [7, 11) is 0. The Morgan fingerprint density at radius 3 is 1.55 bits per heavy atom. The molecule has 2 aliphatic rings. The Bertz CT molecular complexity index is 1630. The van der Waals surface area contributed by atoms with Gasteiger partial charge in [-0.3, -0.25) is 0 Å². The summed E-state index contributed by atoms with van der Waals surface area (Å²) in [5.74, 6) is 0. The summed E-state index contributed by atoms with van der Waals surface area (Å²) in [5, 5.41) is 0. The van der Waals surface area contributed by atoms with Crippen LogP contribution in [-0.4, -0.2) is 0 Å². The fraction of sp³-hybridized carbons (Fsp3) is 0.268. The second kappa shape index (κ2) is 13.9. The van der Waals surface area contributed by atoms with Crippen LogP contribution in [-0.2, 0) is 10.8 Å². The number of rotatable bonds is 2. The fourth-order valence-electron chi connectivity index (χ4n) is 6.77. The minimum absolute atomic E-state index is 0. The highest BCUT2D eigenvalue weighted by Gasteiger charge is 2.45. The van der Waals surface area contributed by atoms with Crippen molar-refractivity contribution in [2.24, 2.45) is 0 Å². The van der Waals surface area contributed by atoms with E-state index < -0.39 is 0 Å². The van der Waals surface area contributed by atoms with Crippen molar-refractivity contribution in [3.05, 3.63) is 143 Å². The summed E-state index contributed by atoms with van der Waals surface area (Å²) in [6.07, 6.45) is 0. The molecule has 2 aliphatic carbocycles. The molecule has 1 atom stereocenters. The van der Waals surface area contributed by atoms with Crippen LogP contribution in [0.3, 0.4) is 0 Å². The first-order valence-corrected chi connectivity index (χ1v) is 15.5. The zero-order chi connectivity index (χ0) is 29.8. The van der Waals surface area contributed by atoms with Gasteiger partial charge in [-0.2, -0.15) is 0 Å². The lowest BCUT2D eigenvalue weighted by molar-refractivity contribution is 0.656. The summed E-state index contributed by atoms with van der Waals surface area (Å²) in [5.41, 5.74) is 14.9. The molecule has 5 aromatic carbocycles. The van der Waals surface area contributed by atoms with Crippen molar-refractivity contribution in [3.63, 3.8) is 0 Å². The van der Waals surface area contributed by atoms with E-state index in [1.165, 1.54) is 61.2 Å². The molecule has 218 valence electrons. The van der Waals surface area contributed by atoms with Gasteiger partial charge in [-0.25, -0.2) is 0 Å². The van der Waals surface area contributed by atoms with Crippen molar-refractivity contribution >= 4 is 24.0 Å². The summed E-state index contributed by atoms with van der Waals surface area (Å²) in [4.78, 5) is 0. The molecular formula is C41H47I. The number of halogens is 1. The van der Waals surface area contributed by atoms with Gasteiger partial charge in [0, 0.05) is 10.8 Å². The molecule has 0 N–H and O–H groups in total. The van der Waals surface area contributed by atoms with Crippen LogP contribution in [0, 0.1) is 0 Å². The van der Waals surface area contributed by atoms with E-state index in [0.717, 1.165) is 0 Å². The molecule has 0 fully saturated rings. The second-order valence-electron chi connectivity index (χ2n) is 10.7. The summed E-state index contributed by atoms with van der Waals surface area (Å²) < 4.78 is 0. The Hall–Kier alpha value is -3.17. The average molecular weight is 667 g/mol. The van der Waals surface area contributed by atoms with Gasteiger partial charge in [-0.15, -0.1) is 24.0 Å². The largest absolute Gasteiger partial charge is 0.107 e. The average Bonchev–Trinajstić information content (AvgIpc) is 3.46. The Morgan fingerprint density at radius 2 is 0.881 bits per heavy atom. The number of benzene rings is 5. The van der Waals surface area contributed by atoms with Gasteiger partial charge in [-0.05, 0) is 74.2 Å². The van der Waals surface area contributed by atoms with Crippen LogP contribution in [0.15, 0.2) is 115 Å². The van der Waals surface area contributed by atoms with Crippen LogP contribution < -0.4 is 0 Å². The molecule has 0 aliphatic heterocycles. The second-order valence-corrected chi connectivity index (χ2v) is 10.7. The molecule has 0 aromatic heterocycles. The quantitative estimate of drug-likeness (QED) is 0.165. The first-order chi connectivity index (χ1) is 20.0. The van der Waals surface area contributed by atoms with Gasteiger partial charge in [0.1, 0.15) is 0 Å². The third kappa shape index (κ3) is 5.15. The SMILES string of the molecule is CC.CC.CC.CC1(C)c2ccccc2-c2c1cccc2C1(C)c2ccccc2-c2cc(-c3ccccc3)ccc21.I. The van der Waals surface area contributed by atoms with Crippen LogP contribution in [0.4, 0.5) is 0 Å². The number of hydrogen-bond donors (Lipinski definition) is 0. The lowest BCUT2D eigenvalue weighted by Gasteiger charge is -2.31. The molecule has 1 heteroatoms. The minimum atomic E-state index is -0.222. The molecule has 0 saturated heterocycles. The monoisotopic (exact) mass is 666 g/mol. The zero-order valence-corrected chi connectivity index (χ0v) is 29.2. The number of hydrogen-bond acceptors (Lipinski definition) is 0. The Balaban J connectivity index is 0.000000653. The van der Waals surface area contributed by atoms with E-state index in [1.807, 2.05) is 41.5 Å². The molecule has 0 amide bonds. The lowest BCUT2D eigenvalue weighted by Crippen LogP contribution is -2.24. The van der Waals surface area contributed by atoms with Crippen LogP contribution in [0.2, 0.25) is 0 Å². The molecule has 5 aromatic rings. The van der Waals surface area contributed by atoms with Gasteiger partial charge >= 0.3 is 0 Å². The van der Waals surface area contributed by atoms with Gasteiger partial charge in [0.2, 0.25) is 0 Å². The maximum atomic E-state index is 2.43. The van der Waals surface area contributed by atoms with Crippen molar-refractivity contribution < 1.29 is 0 Å². The topological polar surface area (TPSA) is 0 Å². The van der Waals surface area contributed by atoms with Gasteiger partial charge in [0.05, 0.1) is 0 Å². The first-order valence-electron chi connectivity index (χ1n) is 15.5. The van der Waals surface area contributed by atoms with E-state index in [9.17, 15) is 0 Å². The molecular weight excluding hydrogens is 619 g/mol. The molecule has 1 unspecified atom stereocenters. The van der Waals surface area contributed by atoms with Crippen molar-refractivity contribution in [3.8, 4) is 33.4 Å². The molecule has 0 spiro atoms. The Morgan fingerprint density at radius 1 is 0.381 bits per heavy atom. The van der Waals surface area contributed by atoms with E-state index in [4.69, 9.17) is 0 Å². The van der Waals surface area contributed by atoms with E-state index >= 15 is 0 Å². The van der Waals surface area contributed by atoms with E-state index in [2.05, 4.69) is 136 Å². The third-order valence-corrected chi connectivity index (χ3v) is 8.57. The van der Waals surface area contributed by atoms with E-state index in [-0.39, 0.29) is 34.8 Å². The highest BCUT2D eigenvalue weighted by Crippen LogP contribution is 2.58. The van der Waals surface area contributed by atoms with Crippen molar-refractivity contribution in [1.29, 1.82) is 0 Å². The van der Waals surface area contributed by atoms with Gasteiger partial charge in [0.15, 0.2) is 0 Å². The van der Waals surface area contributed by atoms with E-state index in [1.54, 1.807) is 0 Å². The molecule has 0 heterocycles. The lowest BCUT2D eigenvalue weighted by atomic mass is 9.71. The molecule has 0 saturated carbocycles. The van der Waals surface area contributed by atoms with Crippen LogP contribution in [0.5, 0.6) is 0 Å². The Labute approximate surface area is 272 Å². The minimum Gasteiger partial charge on any atom is -0.107 e. The summed E-state index contributed by atoms with van der Waals surface area (Å²) in [6, 6.07) is 42.8. The molecule has 0 radical (unpaired) electrons. The van der Waals surface area contributed by atoms with Crippen molar-refractivity contribution in [2.45, 2.75) is 73.1 Å². The van der Waals surface area contributed by atoms with Crippen molar-refractivity contribution in [1.82, 2.24) is 0 Å². The van der Waals surface area contributed by atoms with Gasteiger partial charge in [0.25, 0.3) is 0 Å². The molecule has 0 nitrogen and oxygen atoms in total. The van der Waals surface area contributed by atoms with Crippen LogP contribution in [0.25, 0.3) is 33.4 Å². The molecule has 7 rings (SSSR count). The molecule has 0 bridgehead atoms. The highest BCUT2D eigenvalue weighted by atomic mass is 127. The van der Waals surface area contributed by atoms with Gasteiger partial charge < -0.3 is 0 Å². The molecule has 42 heavy (non-hydrogen) atoms. The predicted molar refractivity (Wildman–Crippen MR) is 196 cm³/mol. The van der Waals surface area contributed by atoms with Crippen LogP contribution >= 0.6 is 24.0 Å². The summed E-state index contributed by atoms with van der Waals surface area (Å²) >= 11 is 0. The Kier molecular flexibility index (Phi) is 11.0. The fourth-order valence-corrected chi connectivity index (χ4v) is 6.77. The van der Waals surface area contributed by atoms with Crippen LogP contribution in [0.1, 0.15) is 90.1 Å². The smallest absolute Gasteiger partial charge is 0.0441 e. The normalized spacial score (nSPS) is 15.8.